The number of hydrogen-bond acceptors (Lipinski definition) is 2. The largest absolute Gasteiger partial charge is 0.353 e. The summed E-state index contributed by atoms with van der Waals surface area (Å²) in [5.41, 5.74) is 2.10. The van der Waals surface area contributed by atoms with Gasteiger partial charge in [0.25, 0.3) is 0 Å². The summed E-state index contributed by atoms with van der Waals surface area (Å²) in [6.07, 6.45) is 3.42. The predicted octanol–water partition coefficient (Wildman–Crippen LogP) is 2.94. The first-order valence-electron chi connectivity index (χ1n) is 7.57. The Bertz CT molecular complexity index is 618. The van der Waals surface area contributed by atoms with E-state index in [-0.39, 0.29) is 17.9 Å². The van der Waals surface area contributed by atoms with E-state index in [1.54, 1.807) is 6.07 Å². The topological polar surface area (TPSA) is 49.4 Å². The highest BCUT2D eigenvalue weighted by Gasteiger charge is 2.26. The molecule has 0 radical (unpaired) electrons. The van der Waals surface area contributed by atoms with Crippen LogP contribution in [0.25, 0.3) is 0 Å². The fraction of sp³-hybridized carbons (Fsp3) is 0.500. The molecule has 6 heteroatoms. The molecule has 0 aromatic heterocycles. The fourth-order valence-corrected chi connectivity index (χ4v) is 3.83. The van der Waals surface area contributed by atoms with Crippen molar-refractivity contribution in [2.75, 3.05) is 6.54 Å². The first kappa shape index (κ1) is 15.6. The molecule has 1 atom stereocenters. The normalized spacial score (nSPS) is 21.3. The minimum atomic E-state index is -0.0295. The van der Waals surface area contributed by atoms with E-state index in [9.17, 15) is 9.59 Å². The number of rotatable bonds is 2. The Morgan fingerprint density at radius 1 is 1.32 bits per heavy atom. The molecule has 0 spiro atoms. The third-order valence-corrected chi connectivity index (χ3v) is 4.90. The molecule has 1 aromatic carbocycles. The van der Waals surface area contributed by atoms with E-state index < -0.39 is 0 Å². The lowest BCUT2D eigenvalue weighted by atomic mass is 9.97. The van der Waals surface area contributed by atoms with E-state index in [4.69, 9.17) is 23.2 Å². The van der Waals surface area contributed by atoms with Crippen molar-refractivity contribution in [3.8, 4) is 0 Å². The van der Waals surface area contributed by atoms with E-state index in [1.165, 1.54) is 0 Å². The van der Waals surface area contributed by atoms with Gasteiger partial charge < -0.3 is 10.2 Å². The van der Waals surface area contributed by atoms with Gasteiger partial charge in [0.1, 0.15) is 0 Å². The van der Waals surface area contributed by atoms with Crippen molar-refractivity contribution in [1.82, 2.24) is 10.2 Å². The van der Waals surface area contributed by atoms with Crippen LogP contribution in [0.1, 0.15) is 36.8 Å². The summed E-state index contributed by atoms with van der Waals surface area (Å²) in [6, 6.07) is 3.60. The van der Waals surface area contributed by atoms with Gasteiger partial charge in [-0.3, -0.25) is 9.59 Å². The molecule has 22 heavy (non-hydrogen) atoms. The summed E-state index contributed by atoms with van der Waals surface area (Å²) in [7, 11) is 0. The number of piperidine rings is 1. The van der Waals surface area contributed by atoms with Crippen molar-refractivity contribution in [3.63, 3.8) is 0 Å². The van der Waals surface area contributed by atoms with Crippen LogP contribution < -0.4 is 5.32 Å². The van der Waals surface area contributed by atoms with Crippen molar-refractivity contribution in [2.24, 2.45) is 0 Å². The van der Waals surface area contributed by atoms with Gasteiger partial charge >= 0.3 is 0 Å². The zero-order chi connectivity index (χ0) is 15.7. The van der Waals surface area contributed by atoms with Crippen LogP contribution in [0.3, 0.4) is 0 Å². The molecule has 2 aliphatic rings. The predicted molar refractivity (Wildman–Crippen MR) is 86.0 cm³/mol. The number of benzene rings is 1. The molecule has 1 N–H and O–H groups in total. The summed E-state index contributed by atoms with van der Waals surface area (Å²) in [4.78, 5) is 25.7. The Morgan fingerprint density at radius 3 is 2.91 bits per heavy atom. The summed E-state index contributed by atoms with van der Waals surface area (Å²) >= 11 is 12.3. The molecule has 2 heterocycles. The quantitative estimate of drug-likeness (QED) is 0.899. The maximum atomic E-state index is 12.5. The van der Waals surface area contributed by atoms with Crippen molar-refractivity contribution >= 4 is 35.0 Å². The molecule has 0 bridgehead atoms. The molecule has 3 rings (SSSR count). The van der Waals surface area contributed by atoms with E-state index in [0.29, 0.717) is 36.0 Å². The van der Waals surface area contributed by atoms with Gasteiger partial charge in [-0.2, -0.15) is 0 Å². The lowest BCUT2D eigenvalue weighted by Crippen LogP contribution is -2.44. The van der Waals surface area contributed by atoms with Gasteiger partial charge in [0.2, 0.25) is 11.8 Å². The minimum Gasteiger partial charge on any atom is -0.353 e. The maximum Gasteiger partial charge on any atom is 0.224 e. The fourth-order valence-electron chi connectivity index (χ4n) is 3.20. The number of carbonyl (C=O) groups excluding carboxylic acids is 2. The zero-order valence-electron chi connectivity index (χ0n) is 12.2. The molecule has 2 amide bonds. The highest BCUT2D eigenvalue weighted by molar-refractivity contribution is 6.35. The Balaban J connectivity index is 1.66. The van der Waals surface area contributed by atoms with Crippen LogP contribution in [0, 0.1) is 0 Å². The van der Waals surface area contributed by atoms with Crippen LogP contribution >= 0.6 is 23.2 Å². The molecular weight excluding hydrogens is 323 g/mol. The number of halogens is 2. The Hall–Kier alpha value is -1.26. The number of nitrogens with zero attached hydrogens (tertiary/aromatic N) is 1. The molecule has 1 unspecified atom stereocenters. The monoisotopic (exact) mass is 340 g/mol. The Labute approximate surface area is 139 Å². The van der Waals surface area contributed by atoms with Gasteiger partial charge in [-0.05, 0) is 42.5 Å². The third-order valence-electron chi connectivity index (χ3n) is 4.34. The summed E-state index contributed by atoms with van der Waals surface area (Å²) in [6.45, 7) is 1.20. The molecule has 1 fully saturated rings. The molecule has 0 saturated carbocycles. The number of fused-ring (bicyclic) bond motifs is 1. The van der Waals surface area contributed by atoms with E-state index in [2.05, 4.69) is 5.32 Å². The van der Waals surface area contributed by atoms with Gasteiger partial charge in [-0.25, -0.2) is 0 Å². The molecule has 4 nitrogen and oxygen atoms in total. The van der Waals surface area contributed by atoms with Crippen molar-refractivity contribution < 1.29 is 9.59 Å². The first-order valence-corrected chi connectivity index (χ1v) is 8.32. The number of hydrogen-bond donors (Lipinski definition) is 1. The molecule has 0 aliphatic carbocycles. The van der Waals surface area contributed by atoms with Crippen LogP contribution in [0.4, 0.5) is 0 Å². The Morgan fingerprint density at radius 2 is 2.14 bits per heavy atom. The molecule has 118 valence electrons. The van der Waals surface area contributed by atoms with Crippen molar-refractivity contribution in [1.29, 1.82) is 0 Å². The second-order valence-corrected chi connectivity index (χ2v) is 6.80. The Kier molecular flexibility index (Phi) is 4.59. The number of nitrogens with one attached hydrogen (secondary N) is 1. The van der Waals surface area contributed by atoms with E-state index in [1.807, 2.05) is 11.0 Å². The average molecular weight is 341 g/mol. The average Bonchev–Trinajstić information content (AvgIpc) is 2.46. The van der Waals surface area contributed by atoms with Gasteiger partial charge in [-0.1, -0.05) is 23.2 Å². The SMILES string of the molecule is O=C1CCCC(CC(=O)N2CCc3c(Cl)cc(Cl)cc3C2)N1. The molecule has 1 aromatic rings. The summed E-state index contributed by atoms with van der Waals surface area (Å²) < 4.78 is 0. The molecule has 2 aliphatic heterocycles. The smallest absolute Gasteiger partial charge is 0.224 e. The third kappa shape index (κ3) is 3.39. The van der Waals surface area contributed by atoms with Crippen LogP contribution in [-0.2, 0) is 22.6 Å². The summed E-state index contributed by atoms with van der Waals surface area (Å²) in [5, 5.41) is 4.17. The standard InChI is InChI=1S/C16H18Cl2N2O2/c17-11-6-10-9-20(5-4-13(10)14(18)7-11)16(22)8-12-2-1-3-15(21)19-12/h6-7,12H,1-5,8-9H2,(H,19,21). The van der Waals surface area contributed by atoms with Gasteiger partial charge in [0.15, 0.2) is 0 Å². The summed E-state index contributed by atoms with van der Waals surface area (Å²) in [5.74, 6) is 0.126. The lowest BCUT2D eigenvalue weighted by Gasteiger charge is -2.31. The number of amides is 2. The second kappa shape index (κ2) is 6.47. The molecule has 1 saturated heterocycles. The van der Waals surface area contributed by atoms with Crippen molar-refractivity contribution in [3.05, 3.63) is 33.3 Å². The minimum absolute atomic E-state index is 0.0295. The van der Waals surface area contributed by atoms with E-state index >= 15 is 0 Å². The molecular formula is C16H18Cl2N2O2. The van der Waals surface area contributed by atoms with Crippen LogP contribution in [0.5, 0.6) is 0 Å². The first-order chi connectivity index (χ1) is 10.5. The van der Waals surface area contributed by atoms with Crippen molar-refractivity contribution in [2.45, 2.75) is 44.7 Å². The van der Waals surface area contributed by atoms with Gasteiger partial charge in [0, 0.05) is 42.0 Å². The van der Waals surface area contributed by atoms with E-state index in [0.717, 1.165) is 30.4 Å². The lowest BCUT2D eigenvalue weighted by molar-refractivity contribution is -0.133. The van der Waals surface area contributed by atoms with Gasteiger partial charge in [-0.15, -0.1) is 0 Å². The van der Waals surface area contributed by atoms with Crippen LogP contribution in [0.15, 0.2) is 12.1 Å². The number of carbonyl (C=O) groups is 2. The van der Waals surface area contributed by atoms with Crippen LogP contribution in [0.2, 0.25) is 10.0 Å². The highest BCUT2D eigenvalue weighted by atomic mass is 35.5. The van der Waals surface area contributed by atoms with Crippen LogP contribution in [-0.4, -0.2) is 29.3 Å². The maximum absolute atomic E-state index is 12.5. The highest BCUT2D eigenvalue weighted by Crippen LogP contribution is 2.30. The zero-order valence-corrected chi connectivity index (χ0v) is 13.7. The van der Waals surface area contributed by atoms with Gasteiger partial charge in [0.05, 0.1) is 0 Å². The second-order valence-electron chi connectivity index (χ2n) is 5.95.